The highest BCUT2D eigenvalue weighted by molar-refractivity contribution is 7.91. The van der Waals surface area contributed by atoms with Gasteiger partial charge < -0.3 is 10.4 Å². The lowest BCUT2D eigenvalue weighted by atomic mass is 10.2. The molecule has 6 heteroatoms. The zero-order valence-corrected chi connectivity index (χ0v) is 11.3. The molecule has 0 aliphatic carbocycles. The normalized spacial score (nSPS) is 10.4. The summed E-state index contributed by atoms with van der Waals surface area (Å²) in [5, 5.41) is 11.2. The van der Waals surface area contributed by atoms with Crippen LogP contribution in [0.25, 0.3) is 0 Å². The van der Waals surface area contributed by atoms with Gasteiger partial charge in [0.2, 0.25) is 5.91 Å². The molecule has 1 aromatic rings. The van der Waals surface area contributed by atoms with Crippen LogP contribution in [0.4, 0.5) is 5.69 Å². The molecule has 0 bridgehead atoms. The number of sulfone groups is 1. The Morgan fingerprint density at radius 1 is 1.37 bits per heavy atom. The largest absolute Gasteiger partial charge is 0.395 e. The Morgan fingerprint density at radius 2 is 2.05 bits per heavy atom. The highest BCUT2D eigenvalue weighted by Crippen LogP contribution is 2.13. The van der Waals surface area contributed by atoms with E-state index < -0.39 is 21.5 Å². The van der Waals surface area contributed by atoms with Crippen molar-refractivity contribution in [2.75, 3.05) is 23.9 Å². The predicted octanol–water partition coefficient (Wildman–Crippen LogP) is 0.404. The number of carbonyl (C=O) groups excluding carboxylic acids is 1. The fraction of sp³-hybridized carbons (Fsp3) is 0.308. The van der Waals surface area contributed by atoms with E-state index in [4.69, 9.17) is 5.11 Å². The molecule has 19 heavy (non-hydrogen) atoms. The third-order valence-corrected chi connectivity index (χ3v) is 2.84. The van der Waals surface area contributed by atoms with Gasteiger partial charge in [-0.3, -0.25) is 4.79 Å². The van der Waals surface area contributed by atoms with Gasteiger partial charge in [0.25, 0.3) is 0 Å². The Morgan fingerprint density at radius 3 is 2.68 bits per heavy atom. The molecule has 1 aromatic carbocycles. The molecule has 2 N–H and O–H groups in total. The van der Waals surface area contributed by atoms with Crippen molar-refractivity contribution in [2.45, 2.75) is 6.42 Å². The third-order valence-electron chi connectivity index (χ3n) is 2.05. The maximum atomic E-state index is 11.5. The first kappa shape index (κ1) is 15.2. The Balaban J connectivity index is 2.84. The van der Waals surface area contributed by atoms with E-state index in [9.17, 15) is 13.2 Å². The van der Waals surface area contributed by atoms with E-state index in [1.165, 1.54) is 0 Å². The van der Waals surface area contributed by atoms with Crippen LogP contribution in [0.1, 0.15) is 12.0 Å². The second kappa shape index (κ2) is 6.92. The SMILES string of the molecule is CS(=O)(=O)CC(=O)Nc1ccccc1C#CCCO. The number of amides is 1. The minimum absolute atomic E-state index is 0.0321. The molecule has 0 aliphatic heterocycles. The molecule has 0 saturated carbocycles. The zero-order valence-electron chi connectivity index (χ0n) is 10.5. The lowest BCUT2D eigenvalue weighted by Crippen LogP contribution is -2.22. The van der Waals surface area contributed by atoms with Gasteiger partial charge in [-0.1, -0.05) is 24.0 Å². The topological polar surface area (TPSA) is 83.5 Å². The summed E-state index contributed by atoms with van der Waals surface area (Å²) in [5.74, 6) is 4.39. The van der Waals surface area contributed by atoms with Gasteiger partial charge >= 0.3 is 0 Å². The average Bonchev–Trinajstić information content (AvgIpc) is 2.29. The van der Waals surface area contributed by atoms with E-state index in [2.05, 4.69) is 17.2 Å². The number of hydrogen-bond donors (Lipinski definition) is 2. The van der Waals surface area contributed by atoms with Crippen molar-refractivity contribution in [2.24, 2.45) is 0 Å². The molecule has 1 amide bonds. The van der Waals surface area contributed by atoms with Crippen LogP contribution in [0.5, 0.6) is 0 Å². The smallest absolute Gasteiger partial charge is 0.239 e. The van der Waals surface area contributed by atoms with E-state index in [-0.39, 0.29) is 6.61 Å². The lowest BCUT2D eigenvalue weighted by molar-refractivity contribution is -0.113. The highest BCUT2D eigenvalue weighted by atomic mass is 32.2. The van der Waals surface area contributed by atoms with Crippen LogP contribution in [-0.2, 0) is 14.6 Å². The summed E-state index contributed by atoms with van der Waals surface area (Å²) in [6, 6.07) is 6.83. The van der Waals surface area contributed by atoms with Crippen molar-refractivity contribution in [1.29, 1.82) is 0 Å². The molecule has 0 aliphatic rings. The summed E-state index contributed by atoms with van der Waals surface area (Å²) < 4.78 is 22.0. The van der Waals surface area contributed by atoms with Gasteiger partial charge in [-0.05, 0) is 12.1 Å². The quantitative estimate of drug-likeness (QED) is 0.783. The monoisotopic (exact) mass is 281 g/mol. The zero-order chi connectivity index (χ0) is 14.3. The number of rotatable bonds is 4. The summed E-state index contributed by atoms with van der Waals surface area (Å²) in [5.41, 5.74) is 1.04. The summed E-state index contributed by atoms with van der Waals surface area (Å²) in [6.45, 7) is -0.0321. The van der Waals surface area contributed by atoms with Crippen molar-refractivity contribution in [3.63, 3.8) is 0 Å². The molecular formula is C13H15NO4S. The van der Waals surface area contributed by atoms with Crippen molar-refractivity contribution in [3.8, 4) is 11.8 Å². The number of aliphatic hydroxyl groups is 1. The van der Waals surface area contributed by atoms with Crippen LogP contribution in [-0.4, -0.2) is 38.0 Å². The first-order valence-electron chi connectivity index (χ1n) is 5.59. The summed E-state index contributed by atoms with van der Waals surface area (Å²) >= 11 is 0. The van der Waals surface area contributed by atoms with Crippen LogP contribution in [0.15, 0.2) is 24.3 Å². The molecule has 0 atom stereocenters. The Bertz CT molecular complexity index is 611. The number of anilines is 1. The highest BCUT2D eigenvalue weighted by Gasteiger charge is 2.11. The minimum atomic E-state index is -3.36. The molecule has 0 unspecified atom stereocenters. The van der Waals surface area contributed by atoms with Crippen molar-refractivity contribution in [1.82, 2.24) is 0 Å². The van der Waals surface area contributed by atoms with Gasteiger partial charge in [0.05, 0.1) is 12.3 Å². The van der Waals surface area contributed by atoms with Gasteiger partial charge in [-0.25, -0.2) is 8.42 Å². The molecule has 0 fully saturated rings. The predicted molar refractivity (Wildman–Crippen MR) is 73.4 cm³/mol. The molecule has 0 spiro atoms. The number of nitrogens with one attached hydrogen (secondary N) is 1. The fourth-order valence-corrected chi connectivity index (χ4v) is 1.89. The van der Waals surface area contributed by atoms with Crippen molar-refractivity contribution < 1.29 is 18.3 Å². The number of aliphatic hydroxyl groups excluding tert-OH is 1. The Labute approximate surface area is 112 Å². The Kier molecular flexibility index (Phi) is 5.55. The van der Waals surface area contributed by atoms with E-state index in [0.29, 0.717) is 17.7 Å². The molecular weight excluding hydrogens is 266 g/mol. The van der Waals surface area contributed by atoms with Gasteiger partial charge in [0.15, 0.2) is 9.84 Å². The molecule has 1 rings (SSSR count). The van der Waals surface area contributed by atoms with Gasteiger partial charge in [0.1, 0.15) is 5.75 Å². The molecule has 0 radical (unpaired) electrons. The van der Waals surface area contributed by atoms with Crippen LogP contribution in [0.2, 0.25) is 0 Å². The lowest BCUT2D eigenvalue weighted by Gasteiger charge is -2.06. The Hall–Kier alpha value is -1.84. The number of carbonyl (C=O) groups is 1. The first-order valence-corrected chi connectivity index (χ1v) is 7.65. The molecule has 102 valence electrons. The van der Waals surface area contributed by atoms with Gasteiger partial charge in [-0.2, -0.15) is 0 Å². The summed E-state index contributed by atoms with van der Waals surface area (Å²) in [6.07, 6.45) is 1.34. The number of para-hydroxylation sites is 1. The average molecular weight is 281 g/mol. The molecule has 0 saturated heterocycles. The van der Waals surface area contributed by atoms with Crippen LogP contribution in [0.3, 0.4) is 0 Å². The molecule has 5 nitrogen and oxygen atoms in total. The third kappa shape index (κ3) is 6.04. The minimum Gasteiger partial charge on any atom is -0.395 e. The maximum Gasteiger partial charge on any atom is 0.239 e. The van der Waals surface area contributed by atoms with E-state index in [1.807, 2.05) is 0 Å². The fourth-order valence-electron chi connectivity index (χ4n) is 1.34. The van der Waals surface area contributed by atoms with Crippen molar-refractivity contribution in [3.05, 3.63) is 29.8 Å². The van der Waals surface area contributed by atoms with E-state index in [1.54, 1.807) is 24.3 Å². The first-order chi connectivity index (χ1) is 8.92. The molecule has 0 aromatic heterocycles. The van der Waals surface area contributed by atoms with Gasteiger partial charge in [0, 0.05) is 18.2 Å². The summed E-state index contributed by atoms with van der Waals surface area (Å²) in [4.78, 5) is 11.5. The van der Waals surface area contributed by atoms with Crippen LogP contribution < -0.4 is 5.32 Å². The number of hydrogen-bond acceptors (Lipinski definition) is 4. The standard InChI is InChI=1S/C13H15NO4S/c1-19(17,18)10-13(16)14-12-8-3-2-6-11(12)7-4-5-9-15/h2-3,6,8,15H,5,9-10H2,1H3,(H,14,16). The second-order valence-corrected chi connectivity index (χ2v) is 6.08. The van der Waals surface area contributed by atoms with Gasteiger partial charge in [-0.15, -0.1) is 0 Å². The van der Waals surface area contributed by atoms with E-state index >= 15 is 0 Å². The maximum absolute atomic E-state index is 11.5. The summed E-state index contributed by atoms with van der Waals surface area (Å²) in [7, 11) is -3.36. The van der Waals surface area contributed by atoms with Crippen LogP contribution >= 0.6 is 0 Å². The van der Waals surface area contributed by atoms with Crippen LogP contribution in [0, 0.1) is 11.8 Å². The second-order valence-electron chi connectivity index (χ2n) is 3.94. The number of benzene rings is 1. The van der Waals surface area contributed by atoms with E-state index in [0.717, 1.165) is 6.26 Å². The molecule has 0 heterocycles. The van der Waals surface area contributed by atoms with Crippen molar-refractivity contribution >= 4 is 21.4 Å².